The number of hydrogen-bond donors (Lipinski definition) is 3. The monoisotopic (exact) mass is 413 g/mol. The third kappa shape index (κ3) is 3.87. The van der Waals surface area contributed by atoms with E-state index in [1.54, 1.807) is 0 Å². The zero-order valence-corrected chi connectivity index (χ0v) is 16.8. The van der Waals surface area contributed by atoms with Crippen molar-refractivity contribution in [3.63, 3.8) is 0 Å². The fourth-order valence-electron chi connectivity index (χ4n) is 2.93. The van der Waals surface area contributed by atoms with Crippen molar-refractivity contribution in [2.75, 3.05) is 5.32 Å². The first kappa shape index (κ1) is 20.2. The lowest BCUT2D eigenvalue weighted by atomic mass is 9.92. The number of carbonyl (C=O) groups is 2. The summed E-state index contributed by atoms with van der Waals surface area (Å²) in [4.78, 5) is 35.6. The normalized spacial score (nSPS) is 18.4. The van der Waals surface area contributed by atoms with Crippen molar-refractivity contribution in [3.05, 3.63) is 69.3 Å². The topological polar surface area (TPSA) is 117 Å². The highest BCUT2D eigenvalue weighted by molar-refractivity contribution is 7.80. The molecule has 9 nitrogen and oxygen atoms in total. The lowest BCUT2D eigenvalue weighted by molar-refractivity contribution is -0.384. The molecule has 1 saturated heterocycles. The predicted molar refractivity (Wildman–Crippen MR) is 111 cm³/mol. The van der Waals surface area contributed by atoms with Crippen molar-refractivity contribution in [1.82, 2.24) is 15.8 Å². The zero-order chi connectivity index (χ0) is 21.3. The SMILES string of the molecule is Cc1ccc(NC(=S)NN2C(=O)N[C@](C)(c3ccc([N+](=O)[O-])cc3)C2=O)cc1C. The molecule has 3 rings (SSSR count). The maximum Gasteiger partial charge on any atom is 0.344 e. The largest absolute Gasteiger partial charge is 0.344 e. The van der Waals surface area contributed by atoms with E-state index in [2.05, 4.69) is 16.1 Å². The highest BCUT2D eigenvalue weighted by Crippen LogP contribution is 2.29. The first-order valence-corrected chi connectivity index (χ1v) is 9.09. The van der Waals surface area contributed by atoms with Crippen LogP contribution in [0.4, 0.5) is 16.2 Å². The molecule has 0 spiro atoms. The van der Waals surface area contributed by atoms with Gasteiger partial charge in [0.25, 0.3) is 11.6 Å². The molecule has 2 aromatic carbocycles. The summed E-state index contributed by atoms with van der Waals surface area (Å²) in [6.07, 6.45) is 0. The number of anilines is 1. The van der Waals surface area contributed by atoms with Gasteiger partial charge >= 0.3 is 6.03 Å². The molecule has 1 atom stereocenters. The van der Waals surface area contributed by atoms with Crippen molar-refractivity contribution in [1.29, 1.82) is 0 Å². The van der Waals surface area contributed by atoms with Crippen LogP contribution in [0.25, 0.3) is 0 Å². The smallest absolute Gasteiger partial charge is 0.331 e. The number of urea groups is 1. The second-order valence-electron chi connectivity index (χ2n) is 6.86. The average molecular weight is 413 g/mol. The summed E-state index contributed by atoms with van der Waals surface area (Å²) >= 11 is 5.22. The van der Waals surface area contributed by atoms with Gasteiger partial charge in [-0.15, -0.1) is 0 Å². The molecule has 3 N–H and O–H groups in total. The number of rotatable bonds is 4. The Morgan fingerprint density at radius 3 is 2.38 bits per heavy atom. The molecule has 2 aromatic rings. The van der Waals surface area contributed by atoms with Gasteiger partial charge in [0.05, 0.1) is 4.92 Å². The highest BCUT2D eigenvalue weighted by atomic mass is 32.1. The molecule has 0 bridgehead atoms. The highest BCUT2D eigenvalue weighted by Gasteiger charge is 2.49. The zero-order valence-electron chi connectivity index (χ0n) is 16.0. The Bertz CT molecular complexity index is 1020. The second kappa shape index (κ2) is 7.47. The van der Waals surface area contributed by atoms with E-state index >= 15 is 0 Å². The average Bonchev–Trinajstić information content (AvgIpc) is 2.89. The maximum atomic E-state index is 12.9. The quantitative estimate of drug-likeness (QED) is 0.305. The van der Waals surface area contributed by atoms with Crippen LogP contribution in [0.1, 0.15) is 23.6 Å². The molecule has 0 saturated carbocycles. The van der Waals surface area contributed by atoms with Gasteiger partial charge in [-0.1, -0.05) is 6.07 Å². The van der Waals surface area contributed by atoms with Crippen LogP contribution in [0.2, 0.25) is 0 Å². The first-order valence-electron chi connectivity index (χ1n) is 8.68. The Morgan fingerprint density at radius 2 is 1.79 bits per heavy atom. The molecule has 1 heterocycles. The van der Waals surface area contributed by atoms with E-state index in [-0.39, 0.29) is 10.8 Å². The van der Waals surface area contributed by atoms with Gasteiger partial charge in [-0.05, 0) is 73.9 Å². The maximum absolute atomic E-state index is 12.9. The van der Waals surface area contributed by atoms with Crippen LogP contribution >= 0.6 is 12.2 Å². The Hall–Kier alpha value is -3.53. The van der Waals surface area contributed by atoms with Crippen molar-refractivity contribution in [2.45, 2.75) is 26.3 Å². The Labute approximate surface area is 172 Å². The molecule has 0 unspecified atom stereocenters. The van der Waals surface area contributed by atoms with Gasteiger partial charge in [0, 0.05) is 17.8 Å². The van der Waals surface area contributed by atoms with Gasteiger partial charge in [0.2, 0.25) is 0 Å². The molecule has 0 aliphatic carbocycles. The number of hydrazine groups is 1. The van der Waals surface area contributed by atoms with Crippen LogP contribution in [0, 0.1) is 24.0 Å². The third-order valence-electron chi connectivity index (χ3n) is 4.82. The molecular weight excluding hydrogens is 394 g/mol. The minimum absolute atomic E-state index is 0.0738. The summed E-state index contributed by atoms with van der Waals surface area (Å²) in [6, 6.07) is 10.4. The van der Waals surface area contributed by atoms with E-state index in [1.807, 2.05) is 32.0 Å². The van der Waals surface area contributed by atoms with Crippen LogP contribution in [-0.2, 0) is 10.3 Å². The molecular formula is C19H19N5O4S. The standard InChI is InChI=1S/C19H19N5O4S/c1-11-4-7-14(10-12(11)2)20-17(29)22-23-16(25)19(3,21-18(23)26)13-5-8-15(9-6-13)24(27)28/h4-10H,1-3H3,(H,21,26)(H2,20,22,29)/t19-/m1/s1. The Morgan fingerprint density at radius 1 is 1.14 bits per heavy atom. The molecule has 1 aliphatic rings. The predicted octanol–water partition coefficient (Wildman–Crippen LogP) is 2.88. The van der Waals surface area contributed by atoms with Crippen molar-refractivity contribution in [3.8, 4) is 0 Å². The number of nitrogens with zero attached hydrogens (tertiary/aromatic N) is 2. The first-order chi connectivity index (χ1) is 13.6. The van der Waals surface area contributed by atoms with Gasteiger partial charge in [0.15, 0.2) is 5.11 Å². The number of imide groups is 1. The van der Waals surface area contributed by atoms with Crippen LogP contribution in [-0.4, -0.2) is 27.0 Å². The summed E-state index contributed by atoms with van der Waals surface area (Å²) in [5.41, 5.74) is 4.44. The number of non-ortho nitro benzene ring substituents is 1. The lowest BCUT2D eigenvalue weighted by Crippen LogP contribution is -2.49. The number of nitro benzene ring substituents is 1. The summed E-state index contributed by atoms with van der Waals surface area (Å²) in [5, 5.41) is 17.2. The van der Waals surface area contributed by atoms with E-state index in [0.29, 0.717) is 5.56 Å². The van der Waals surface area contributed by atoms with Crippen LogP contribution in [0.5, 0.6) is 0 Å². The minimum Gasteiger partial charge on any atom is -0.331 e. The van der Waals surface area contributed by atoms with Crippen LogP contribution in [0.15, 0.2) is 42.5 Å². The summed E-state index contributed by atoms with van der Waals surface area (Å²) < 4.78 is 0. The summed E-state index contributed by atoms with van der Waals surface area (Å²) in [6.45, 7) is 5.47. The molecule has 0 aromatic heterocycles. The van der Waals surface area contributed by atoms with Gasteiger partial charge in [0.1, 0.15) is 5.54 Å². The number of nitro groups is 1. The van der Waals surface area contributed by atoms with Crippen LogP contribution < -0.4 is 16.1 Å². The Balaban J connectivity index is 1.74. The number of amides is 3. The van der Waals surface area contributed by atoms with E-state index in [0.717, 1.165) is 21.8 Å². The van der Waals surface area contributed by atoms with Gasteiger partial charge in [-0.3, -0.25) is 20.3 Å². The molecule has 1 fully saturated rings. The van der Waals surface area contributed by atoms with E-state index < -0.39 is 22.4 Å². The van der Waals surface area contributed by atoms with Crippen molar-refractivity contribution < 1.29 is 14.5 Å². The van der Waals surface area contributed by atoms with E-state index in [9.17, 15) is 19.7 Å². The number of carbonyl (C=O) groups excluding carboxylic acids is 2. The van der Waals surface area contributed by atoms with Gasteiger partial charge < -0.3 is 10.6 Å². The van der Waals surface area contributed by atoms with Crippen molar-refractivity contribution >= 4 is 40.6 Å². The molecule has 3 amide bonds. The fraction of sp³-hybridized carbons (Fsp3) is 0.211. The summed E-state index contributed by atoms with van der Waals surface area (Å²) in [5.74, 6) is -0.583. The molecule has 1 aliphatic heterocycles. The number of benzene rings is 2. The van der Waals surface area contributed by atoms with E-state index in [4.69, 9.17) is 12.2 Å². The summed E-state index contributed by atoms with van der Waals surface area (Å²) in [7, 11) is 0. The van der Waals surface area contributed by atoms with E-state index in [1.165, 1.54) is 31.2 Å². The van der Waals surface area contributed by atoms with Crippen molar-refractivity contribution in [2.24, 2.45) is 0 Å². The number of hydrogen-bond acceptors (Lipinski definition) is 5. The van der Waals surface area contributed by atoms with Crippen LogP contribution in [0.3, 0.4) is 0 Å². The third-order valence-corrected chi connectivity index (χ3v) is 5.02. The lowest BCUT2D eigenvalue weighted by Gasteiger charge is -2.22. The molecule has 29 heavy (non-hydrogen) atoms. The van der Waals surface area contributed by atoms with Gasteiger partial charge in [-0.25, -0.2) is 4.79 Å². The second-order valence-corrected chi connectivity index (χ2v) is 7.27. The molecule has 10 heteroatoms. The fourth-order valence-corrected chi connectivity index (χ4v) is 3.14. The van der Waals surface area contributed by atoms with Gasteiger partial charge in [-0.2, -0.15) is 5.01 Å². The number of thiocarbonyl (C=S) groups is 1. The minimum atomic E-state index is -1.38. The Kier molecular flexibility index (Phi) is 5.21. The number of aryl methyl sites for hydroxylation is 2. The molecule has 0 radical (unpaired) electrons. The number of nitrogens with one attached hydrogen (secondary N) is 3. The molecule has 150 valence electrons.